The molecule has 0 aliphatic rings. The molecule has 0 amide bonds. The summed E-state index contributed by atoms with van der Waals surface area (Å²) >= 11 is 0. The summed E-state index contributed by atoms with van der Waals surface area (Å²) in [5, 5.41) is 36.2. The molecule has 0 aromatic carbocycles. The lowest BCUT2D eigenvalue weighted by atomic mass is 10.1. The summed E-state index contributed by atoms with van der Waals surface area (Å²) in [5.41, 5.74) is -0.101. The minimum absolute atomic E-state index is 0.00235. The molecule has 1 rings (SSSR count). The smallest absolute Gasteiger partial charge is 0.306 e. The van der Waals surface area contributed by atoms with E-state index in [0.717, 1.165) is 6.20 Å². The van der Waals surface area contributed by atoms with Crippen molar-refractivity contribution in [1.82, 2.24) is 15.1 Å². The van der Waals surface area contributed by atoms with Gasteiger partial charge in [0.1, 0.15) is 12.4 Å². The van der Waals surface area contributed by atoms with Crippen LogP contribution in [0.3, 0.4) is 0 Å². The quantitative estimate of drug-likeness (QED) is 0.444. The van der Waals surface area contributed by atoms with Gasteiger partial charge in [-0.2, -0.15) is 5.10 Å². The number of aliphatic hydroxyl groups excluding tert-OH is 2. The zero-order valence-electron chi connectivity index (χ0n) is 11.1. The van der Waals surface area contributed by atoms with Gasteiger partial charge in [-0.25, -0.2) is 0 Å². The number of nitro groups is 1. The van der Waals surface area contributed by atoms with Crippen LogP contribution in [0.1, 0.15) is 13.8 Å². The number of hydrogen-bond donors (Lipinski definition) is 3. The van der Waals surface area contributed by atoms with Gasteiger partial charge in [0.25, 0.3) is 0 Å². The molecule has 0 fully saturated rings. The molecular formula is C11H20N4O4. The van der Waals surface area contributed by atoms with E-state index >= 15 is 0 Å². The standard InChI is InChI=1S/C11H20N4O4/c1-8(2)11(7-16)12-4-10(17)6-14-5-9(3-13-14)15(18)19/h3,5,8,10-12,16-17H,4,6-7H2,1-2H3/t10?,11-/m1/s1. The van der Waals surface area contributed by atoms with Crippen molar-refractivity contribution in [2.24, 2.45) is 5.92 Å². The van der Waals surface area contributed by atoms with E-state index in [1.807, 2.05) is 13.8 Å². The van der Waals surface area contributed by atoms with Crippen LogP contribution >= 0.6 is 0 Å². The van der Waals surface area contributed by atoms with Gasteiger partial charge < -0.3 is 15.5 Å². The summed E-state index contributed by atoms with van der Waals surface area (Å²) in [6, 6.07) is -0.0818. The third-order valence-corrected chi connectivity index (χ3v) is 2.85. The highest BCUT2D eigenvalue weighted by molar-refractivity contribution is 5.20. The Morgan fingerprint density at radius 2 is 2.26 bits per heavy atom. The highest BCUT2D eigenvalue weighted by Crippen LogP contribution is 2.08. The second-order valence-corrected chi connectivity index (χ2v) is 4.77. The van der Waals surface area contributed by atoms with Crippen molar-refractivity contribution in [3.63, 3.8) is 0 Å². The van der Waals surface area contributed by atoms with Crippen LogP contribution in [-0.2, 0) is 6.54 Å². The van der Waals surface area contributed by atoms with Crippen LogP contribution in [0.2, 0.25) is 0 Å². The SMILES string of the molecule is CC(C)[C@@H](CO)NCC(O)Cn1cc([N+](=O)[O-])cn1. The molecule has 1 heterocycles. The first-order chi connectivity index (χ1) is 8.93. The average Bonchev–Trinajstić information content (AvgIpc) is 2.78. The van der Waals surface area contributed by atoms with Crippen LogP contribution < -0.4 is 5.32 Å². The van der Waals surface area contributed by atoms with Gasteiger partial charge in [0.05, 0.1) is 24.2 Å². The summed E-state index contributed by atoms with van der Waals surface area (Å²) in [5.74, 6) is 0.253. The first-order valence-corrected chi connectivity index (χ1v) is 6.13. The fourth-order valence-electron chi connectivity index (χ4n) is 1.63. The molecule has 0 aliphatic carbocycles. The fraction of sp³-hybridized carbons (Fsp3) is 0.727. The Balaban J connectivity index is 2.41. The Morgan fingerprint density at radius 3 is 2.74 bits per heavy atom. The number of rotatable bonds is 8. The topological polar surface area (TPSA) is 113 Å². The number of nitrogens with zero attached hydrogens (tertiary/aromatic N) is 3. The third-order valence-electron chi connectivity index (χ3n) is 2.85. The largest absolute Gasteiger partial charge is 0.395 e. The van der Waals surface area contributed by atoms with Gasteiger partial charge in [-0.1, -0.05) is 13.8 Å². The van der Waals surface area contributed by atoms with Crippen molar-refractivity contribution < 1.29 is 15.1 Å². The zero-order valence-corrected chi connectivity index (χ0v) is 11.1. The summed E-state index contributed by atoms with van der Waals surface area (Å²) in [7, 11) is 0. The van der Waals surface area contributed by atoms with Gasteiger partial charge in [-0.3, -0.25) is 14.8 Å². The molecule has 19 heavy (non-hydrogen) atoms. The van der Waals surface area contributed by atoms with Crippen LogP contribution in [0.25, 0.3) is 0 Å². The Bertz CT molecular complexity index is 407. The molecule has 1 unspecified atom stereocenters. The number of nitrogens with one attached hydrogen (secondary N) is 1. The Labute approximate surface area is 111 Å². The van der Waals surface area contributed by atoms with E-state index in [9.17, 15) is 15.2 Å². The van der Waals surface area contributed by atoms with Crippen LogP contribution in [0.4, 0.5) is 5.69 Å². The first kappa shape index (κ1) is 15.5. The minimum Gasteiger partial charge on any atom is -0.395 e. The highest BCUT2D eigenvalue weighted by atomic mass is 16.6. The van der Waals surface area contributed by atoms with Crippen molar-refractivity contribution in [3.8, 4) is 0 Å². The number of aliphatic hydroxyl groups is 2. The van der Waals surface area contributed by atoms with Crippen molar-refractivity contribution >= 4 is 5.69 Å². The minimum atomic E-state index is -0.729. The maximum Gasteiger partial charge on any atom is 0.306 e. The lowest BCUT2D eigenvalue weighted by Crippen LogP contribution is -2.42. The van der Waals surface area contributed by atoms with E-state index in [1.54, 1.807) is 0 Å². The van der Waals surface area contributed by atoms with Crippen LogP contribution in [-0.4, -0.2) is 50.2 Å². The summed E-state index contributed by atoms with van der Waals surface area (Å²) in [6.45, 7) is 4.39. The van der Waals surface area contributed by atoms with E-state index in [0.29, 0.717) is 0 Å². The van der Waals surface area contributed by atoms with Crippen molar-refractivity contribution in [1.29, 1.82) is 0 Å². The first-order valence-electron chi connectivity index (χ1n) is 6.13. The molecule has 8 nitrogen and oxygen atoms in total. The lowest BCUT2D eigenvalue weighted by molar-refractivity contribution is -0.385. The Morgan fingerprint density at radius 1 is 1.58 bits per heavy atom. The molecule has 3 N–H and O–H groups in total. The zero-order chi connectivity index (χ0) is 14.4. The fourth-order valence-corrected chi connectivity index (χ4v) is 1.63. The molecule has 0 aliphatic heterocycles. The van der Waals surface area contributed by atoms with Gasteiger partial charge in [-0.05, 0) is 5.92 Å². The van der Waals surface area contributed by atoms with Gasteiger partial charge in [-0.15, -0.1) is 0 Å². The normalized spacial score (nSPS) is 14.6. The molecule has 0 saturated carbocycles. The van der Waals surface area contributed by atoms with E-state index in [2.05, 4.69) is 10.4 Å². The van der Waals surface area contributed by atoms with Crippen molar-refractivity contribution in [2.45, 2.75) is 32.5 Å². The van der Waals surface area contributed by atoms with E-state index in [-0.39, 0.29) is 37.3 Å². The van der Waals surface area contributed by atoms with Gasteiger partial charge in [0, 0.05) is 12.6 Å². The second-order valence-electron chi connectivity index (χ2n) is 4.77. The van der Waals surface area contributed by atoms with Crippen LogP contribution in [0.5, 0.6) is 0 Å². The highest BCUT2D eigenvalue weighted by Gasteiger charge is 2.15. The number of hydrogen-bond acceptors (Lipinski definition) is 6. The van der Waals surface area contributed by atoms with Crippen molar-refractivity contribution in [2.75, 3.05) is 13.2 Å². The van der Waals surface area contributed by atoms with E-state index in [1.165, 1.54) is 10.9 Å². The molecule has 1 aromatic rings. The molecule has 0 radical (unpaired) electrons. The van der Waals surface area contributed by atoms with Gasteiger partial charge in [0.15, 0.2) is 0 Å². The molecule has 0 saturated heterocycles. The van der Waals surface area contributed by atoms with Gasteiger partial charge in [0.2, 0.25) is 0 Å². The third kappa shape index (κ3) is 4.93. The molecule has 0 bridgehead atoms. The summed E-state index contributed by atoms with van der Waals surface area (Å²) in [6.07, 6.45) is 1.69. The second kappa shape index (κ2) is 7.17. The predicted molar refractivity (Wildman–Crippen MR) is 68.6 cm³/mol. The Hall–Kier alpha value is -1.51. The molecule has 2 atom stereocenters. The average molecular weight is 272 g/mol. The molecule has 0 spiro atoms. The number of aromatic nitrogens is 2. The monoisotopic (exact) mass is 272 g/mol. The summed E-state index contributed by atoms with van der Waals surface area (Å²) in [4.78, 5) is 9.95. The maximum atomic E-state index is 10.5. The van der Waals surface area contributed by atoms with Gasteiger partial charge >= 0.3 is 5.69 Å². The molecule has 8 heteroatoms. The van der Waals surface area contributed by atoms with Crippen molar-refractivity contribution in [3.05, 3.63) is 22.5 Å². The van der Waals surface area contributed by atoms with Crippen LogP contribution in [0, 0.1) is 16.0 Å². The molecule has 1 aromatic heterocycles. The maximum absolute atomic E-state index is 10.5. The summed E-state index contributed by atoms with van der Waals surface area (Å²) < 4.78 is 1.33. The Kier molecular flexibility index (Phi) is 5.87. The predicted octanol–water partition coefficient (Wildman–Crippen LogP) is -0.241. The molecular weight excluding hydrogens is 252 g/mol. The van der Waals surface area contributed by atoms with Crippen LogP contribution in [0.15, 0.2) is 12.4 Å². The molecule has 108 valence electrons. The lowest BCUT2D eigenvalue weighted by Gasteiger charge is -2.21. The van der Waals surface area contributed by atoms with E-state index < -0.39 is 11.0 Å². The van der Waals surface area contributed by atoms with E-state index in [4.69, 9.17) is 5.11 Å².